The topological polar surface area (TPSA) is 76.7 Å². The van der Waals surface area contributed by atoms with Crippen LogP contribution in [-0.4, -0.2) is 43.6 Å². The molecule has 0 fully saturated rings. The van der Waals surface area contributed by atoms with Crippen molar-refractivity contribution in [3.05, 3.63) is 60.2 Å². The molecule has 150 valence electrons. The Labute approximate surface area is 170 Å². The molecule has 2 N–H and O–H groups in total. The van der Waals surface area contributed by atoms with Crippen LogP contribution in [-0.2, 0) is 16.1 Å². The van der Waals surface area contributed by atoms with E-state index in [9.17, 15) is 9.59 Å². The summed E-state index contributed by atoms with van der Waals surface area (Å²) >= 11 is 1.62. The maximum absolute atomic E-state index is 12.6. The van der Waals surface area contributed by atoms with Crippen LogP contribution in [0, 0.1) is 0 Å². The van der Waals surface area contributed by atoms with Gasteiger partial charge in [0, 0.05) is 6.54 Å². The summed E-state index contributed by atoms with van der Waals surface area (Å²) < 4.78 is 10.6. The summed E-state index contributed by atoms with van der Waals surface area (Å²) in [7, 11) is 1.60. The molecule has 1 atom stereocenters. The Morgan fingerprint density at radius 3 is 2.54 bits per heavy atom. The molecule has 0 heterocycles. The number of hydrogen-bond donors (Lipinski definition) is 2. The van der Waals surface area contributed by atoms with Crippen LogP contribution in [0.15, 0.2) is 54.6 Å². The number of nitrogens with one attached hydrogen (secondary N) is 2. The van der Waals surface area contributed by atoms with Crippen molar-refractivity contribution < 1.29 is 19.1 Å². The highest BCUT2D eigenvalue weighted by Gasteiger charge is 2.20. The van der Waals surface area contributed by atoms with Crippen LogP contribution in [0.4, 0.5) is 0 Å². The van der Waals surface area contributed by atoms with Crippen molar-refractivity contribution >= 4 is 23.6 Å². The van der Waals surface area contributed by atoms with Crippen LogP contribution in [0.2, 0.25) is 0 Å². The van der Waals surface area contributed by atoms with Gasteiger partial charge >= 0.3 is 0 Å². The van der Waals surface area contributed by atoms with E-state index in [2.05, 4.69) is 10.6 Å². The summed E-state index contributed by atoms with van der Waals surface area (Å²) in [5.74, 6) is 1.56. The highest BCUT2D eigenvalue weighted by Crippen LogP contribution is 2.12. The summed E-state index contributed by atoms with van der Waals surface area (Å²) in [6, 6.07) is 16.0. The Balaban J connectivity index is 1.87. The van der Waals surface area contributed by atoms with Gasteiger partial charge in [0.2, 0.25) is 5.91 Å². The van der Waals surface area contributed by atoms with E-state index >= 15 is 0 Å². The van der Waals surface area contributed by atoms with Crippen molar-refractivity contribution in [3.8, 4) is 11.5 Å². The third-order valence-corrected chi connectivity index (χ3v) is 4.62. The van der Waals surface area contributed by atoms with E-state index in [0.29, 0.717) is 18.7 Å². The smallest absolute Gasteiger partial charge is 0.258 e. The number of hydrogen-bond acceptors (Lipinski definition) is 5. The molecule has 7 heteroatoms. The molecular weight excluding hydrogens is 376 g/mol. The minimum Gasteiger partial charge on any atom is -0.497 e. The van der Waals surface area contributed by atoms with Crippen molar-refractivity contribution in [1.82, 2.24) is 10.6 Å². The molecule has 0 aliphatic rings. The Morgan fingerprint density at radius 2 is 1.82 bits per heavy atom. The Bertz CT molecular complexity index is 755. The first kappa shape index (κ1) is 21.6. The average Bonchev–Trinajstić information content (AvgIpc) is 2.74. The van der Waals surface area contributed by atoms with E-state index in [4.69, 9.17) is 9.47 Å². The maximum atomic E-state index is 12.6. The number of ether oxygens (including phenoxy) is 2. The Kier molecular flexibility index (Phi) is 9.21. The maximum Gasteiger partial charge on any atom is 0.258 e. The highest BCUT2D eigenvalue weighted by atomic mass is 32.2. The number of amides is 2. The van der Waals surface area contributed by atoms with Gasteiger partial charge in [-0.3, -0.25) is 9.59 Å². The molecule has 0 aliphatic carbocycles. The number of carbonyl (C=O) groups excluding carboxylic acids is 2. The molecule has 2 amide bonds. The first-order valence-corrected chi connectivity index (χ1v) is 10.4. The van der Waals surface area contributed by atoms with Crippen LogP contribution in [0.3, 0.4) is 0 Å². The molecule has 0 aliphatic heterocycles. The molecular formula is C21H26N2O4S. The fourth-order valence-corrected chi connectivity index (χ4v) is 2.97. The molecule has 0 aromatic heterocycles. The van der Waals surface area contributed by atoms with Crippen molar-refractivity contribution in [3.63, 3.8) is 0 Å². The van der Waals surface area contributed by atoms with Gasteiger partial charge in [-0.2, -0.15) is 11.8 Å². The van der Waals surface area contributed by atoms with E-state index < -0.39 is 6.04 Å². The molecule has 2 aromatic rings. The van der Waals surface area contributed by atoms with Gasteiger partial charge in [-0.25, -0.2) is 0 Å². The number of methoxy groups -OCH3 is 1. The second-order valence-corrected chi connectivity index (χ2v) is 7.06. The zero-order chi connectivity index (χ0) is 20.2. The van der Waals surface area contributed by atoms with Crippen molar-refractivity contribution in [2.75, 3.05) is 25.7 Å². The van der Waals surface area contributed by atoms with Gasteiger partial charge in [0.05, 0.1) is 7.11 Å². The predicted octanol–water partition coefficient (Wildman–Crippen LogP) is 2.63. The number of rotatable bonds is 11. The molecule has 0 spiro atoms. The number of para-hydroxylation sites is 1. The van der Waals surface area contributed by atoms with Gasteiger partial charge in [-0.1, -0.05) is 30.3 Å². The lowest BCUT2D eigenvalue weighted by Gasteiger charge is -2.18. The summed E-state index contributed by atoms with van der Waals surface area (Å²) in [5.41, 5.74) is 0.926. The number of carbonyl (C=O) groups is 2. The summed E-state index contributed by atoms with van der Waals surface area (Å²) in [4.78, 5) is 24.8. The van der Waals surface area contributed by atoms with Crippen molar-refractivity contribution in [2.45, 2.75) is 19.0 Å². The lowest BCUT2D eigenvalue weighted by atomic mass is 10.1. The minimum absolute atomic E-state index is 0.136. The van der Waals surface area contributed by atoms with Crippen molar-refractivity contribution in [1.29, 1.82) is 0 Å². The van der Waals surface area contributed by atoms with Crippen LogP contribution in [0.25, 0.3) is 0 Å². The molecule has 0 unspecified atom stereocenters. The standard InChI is InChI=1S/C21H26N2O4S/c1-26-18-10-6-7-16(13-18)14-22-21(25)19(11-12-28-2)23-20(24)15-27-17-8-4-3-5-9-17/h3-10,13,19H,11-12,14-15H2,1-2H3,(H,22,25)(H,23,24)/t19-/m1/s1. The molecule has 2 aromatic carbocycles. The highest BCUT2D eigenvalue weighted by molar-refractivity contribution is 7.98. The van der Waals surface area contributed by atoms with Crippen LogP contribution < -0.4 is 20.1 Å². The first-order valence-electron chi connectivity index (χ1n) is 8.99. The molecule has 0 bridgehead atoms. The van der Waals surface area contributed by atoms with E-state index in [-0.39, 0.29) is 18.4 Å². The number of benzene rings is 2. The molecule has 0 radical (unpaired) electrons. The second-order valence-electron chi connectivity index (χ2n) is 6.07. The van der Waals surface area contributed by atoms with E-state index in [1.807, 2.05) is 48.7 Å². The quantitative estimate of drug-likeness (QED) is 0.604. The predicted molar refractivity (Wildman–Crippen MR) is 112 cm³/mol. The summed E-state index contributed by atoms with van der Waals surface area (Å²) in [6.45, 7) is 0.227. The van der Waals surface area contributed by atoms with Gasteiger partial charge in [0.1, 0.15) is 17.5 Å². The van der Waals surface area contributed by atoms with Gasteiger partial charge in [-0.15, -0.1) is 0 Å². The van der Waals surface area contributed by atoms with Crippen LogP contribution in [0.1, 0.15) is 12.0 Å². The van der Waals surface area contributed by atoms with E-state index in [1.54, 1.807) is 31.0 Å². The first-order chi connectivity index (χ1) is 13.6. The third kappa shape index (κ3) is 7.52. The van der Waals surface area contributed by atoms with E-state index in [0.717, 1.165) is 17.1 Å². The second kappa shape index (κ2) is 11.9. The zero-order valence-electron chi connectivity index (χ0n) is 16.1. The van der Waals surface area contributed by atoms with Gasteiger partial charge in [-0.05, 0) is 48.3 Å². The molecule has 2 rings (SSSR count). The monoisotopic (exact) mass is 402 g/mol. The molecule has 0 saturated carbocycles. The number of thioether (sulfide) groups is 1. The molecule has 6 nitrogen and oxygen atoms in total. The minimum atomic E-state index is -0.607. The largest absolute Gasteiger partial charge is 0.497 e. The fourth-order valence-electron chi connectivity index (χ4n) is 2.50. The van der Waals surface area contributed by atoms with Crippen LogP contribution in [0.5, 0.6) is 11.5 Å². The summed E-state index contributed by atoms with van der Waals surface area (Å²) in [6.07, 6.45) is 2.51. The van der Waals surface area contributed by atoms with Gasteiger partial charge in [0.15, 0.2) is 6.61 Å². The van der Waals surface area contributed by atoms with Gasteiger partial charge < -0.3 is 20.1 Å². The Morgan fingerprint density at radius 1 is 1.07 bits per heavy atom. The summed E-state index contributed by atoms with van der Waals surface area (Å²) in [5, 5.41) is 5.65. The van der Waals surface area contributed by atoms with E-state index in [1.165, 1.54) is 0 Å². The van der Waals surface area contributed by atoms with Crippen LogP contribution >= 0.6 is 11.8 Å². The fraction of sp³-hybridized carbons (Fsp3) is 0.333. The lowest BCUT2D eigenvalue weighted by Crippen LogP contribution is -2.48. The zero-order valence-corrected chi connectivity index (χ0v) is 17.0. The van der Waals surface area contributed by atoms with Crippen molar-refractivity contribution in [2.24, 2.45) is 0 Å². The lowest BCUT2D eigenvalue weighted by molar-refractivity contribution is -0.130. The molecule has 0 saturated heterocycles. The molecule has 28 heavy (non-hydrogen) atoms. The average molecular weight is 403 g/mol. The third-order valence-electron chi connectivity index (χ3n) is 3.98. The normalized spacial score (nSPS) is 11.4. The van der Waals surface area contributed by atoms with Gasteiger partial charge in [0.25, 0.3) is 5.91 Å². The SMILES string of the molecule is COc1cccc(CNC(=O)[C@@H](CCSC)NC(=O)COc2ccccc2)c1. The Hall–Kier alpha value is -2.67.